The second-order valence-corrected chi connectivity index (χ2v) is 9.05. The number of nitrogens with one attached hydrogen (secondary N) is 3. The number of methoxy groups -OCH3 is 1. The van der Waals surface area contributed by atoms with E-state index in [1.54, 1.807) is 19.3 Å². The number of hydrogen-bond acceptors (Lipinski definition) is 6. The Bertz CT molecular complexity index is 1440. The van der Waals surface area contributed by atoms with E-state index in [1.807, 2.05) is 42.5 Å². The van der Waals surface area contributed by atoms with Gasteiger partial charge in [0, 0.05) is 30.7 Å². The van der Waals surface area contributed by atoms with Gasteiger partial charge in [0.25, 0.3) is 11.8 Å². The summed E-state index contributed by atoms with van der Waals surface area (Å²) in [6, 6.07) is 15.1. The van der Waals surface area contributed by atoms with E-state index in [1.165, 1.54) is 20.0 Å². The highest BCUT2D eigenvalue weighted by molar-refractivity contribution is 6.05. The molecule has 2 amide bonds. The number of hydrogen-bond donors (Lipinski definition) is 3. The van der Waals surface area contributed by atoms with Gasteiger partial charge in [-0.2, -0.15) is 5.10 Å². The van der Waals surface area contributed by atoms with Crippen LogP contribution in [0.5, 0.6) is 11.6 Å². The van der Waals surface area contributed by atoms with Crippen molar-refractivity contribution in [2.24, 2.45) is 0 Å². The van der Waals surface area contributed by atoms with Crippen molar-refractivity contribution in [1.82, 2.24) is 25.8 Å². The normalized spacial score (nSPS) is 13.5. The van der Waals surface area contributed by atoms with E-state index < -0.39 is 0 Å². The fraction of sp³-hybridized carbons (Fsp3) is 0.286. The standard InChI is InChI=1S/C28H29N5O4/c1-29-27(35)25-22-11-10-18(14-24(22)32-33-25)19-13-23(28(36-2)31-16-19)26(34)30-15-17-6-5-9-21(12-17)37-20-7-3-4-8-20/h5-6,9-14,16,20H,3-4,7-8,15H2,1-2H3,(H,29,35)(H,30,34)(H,32,33). The second-order valence-electron chi connectivity index (χ2n) is 9.05. The van der Waals surface area contributed by atoms with Gasteiger partial charge in [-0.15, -0.1) is 0 Å². The lowest BCUT2D eigenvalue weighted by Gasteiger charge is -2.14. The van der Waals surface area contributed by atoms with Crippen LogP contribution in [-0.4, -0.2) is 47.3 Å². The number of pyridine rings is 1. The number of aromatic amines is 1. The molecule has 5 rings (SSSR count). The van der Waals surface area contributed by atoms with Crippen LogP contribution in [0.2, 0.25) is 0 Å². The van der Waals surface area contributed by atoms with Crippen molar-refractivity contribution in [2.75, 3.05) is 14.2 Å². The van der Waals surface area contributed by atoms with E-state index in [2.05, 4.69) is 25.8 Å². The number of amides is 2. The number of carbonyl (C=O) groups is 2. The summed E-state index contributed by atoms with van der Waals surface area (Å²) in [6.07, 6.45) is 6.53. The molecule has 1 saturated carbocycles. The predicted molar refractivity (Wildman–Crippen MR) is 140 cm³/mol. The summed E-state index contributed by atoms with van der Waals surface area (Å²) in [6.45, 7) is 0.344. The lowest BCUT2D eigenvalue weighted by atomic mass is 10.0. The van der Waals surface area contributed by atoms with Crippen molar-refractivity contribution in [3.63, 3.8) is 0 Å². The Kier molecular flexibility index (Phi) is 7.02. The van der Waals surface area contributed by atoms with Gasteiger partial charge in [0.05, 0.1) is 18.7 Å². The molecule has 9 heteroatoms. The van der Waals surface area contributed by atoms with Gasteiger partial charge >= 0.3 is 0 Å². The number of rotatable bonds is 8. The summed E-state index contributed by atoms with van der Waals surface area (Å²) in [5, 5.41) is 13.3. The van der Waals surface area contributed by atoms with E-state index in [9.17, 15) is 9.59 Å². The Labute approximate surface area is 214 Å². The monoisotopic (exact) mass is 499 g/mol. The molecule has 0 radical (unpaired) electrons. The number of fused-ring (bicyclic) bond motifs is 1. The van der Waals surface area contributed by atoms with Crippen LogP contribution in [-0.2, 0) is 6.54 Å². The van der Waals surface area contributed by atoms with Gasteiger partial charge in [-0.1, -0.05) is 18.2 Å². The molecule has 1 fully saturated rings. The van der Waals surface area contributed by atoms with Crippen LogP contribution in [0.15, 0.2) is 54.7 Å². The summed E-state index contributed by atoms with van der Waals surface area (Å²) in [4.78, 5) is 29.5. The first-order chi connectivity index (χ1) is 18.1. The molecule has 37 heavy (non-hydrogen) atoms. The first kappa shape index (κ1) is 24.3. The van der Waals surface area contributed by atoms with E-state index >= 15 is 0 Å². The van der Waals surface area contributed by atoms with Crippen LogP contribution >= 0.6 is 0 Å². The van der Waals surface area contributed by atoms with Crippen LogP contribution in [0.4, 0.5) is 0 Å². The second kappa shape index (κ2) is 10.7. The number of carbonyl (C=O) groups excluding carboxylic acids is 2. The number of aromatic nitrogens is 3. The highest BCUT2D eigenvalue weighted by Crippen LogP contribution is 2.28. The van der Waals surface area contributed by atoms with Crippen LogP contribution in [0, 0.1) is 0 Å². The lowest BCUT2D eigenvalue weighted by molar-refractivity contribution is 0.0943. The molecule has 3 N–H and O–H groups in total. The Morgan fingerprint density at radius 2 is 1.89 bits per heavy atom. The molecule has 0 spiro atoms. The maximum Gasteiger partial charge on any atom is 0.272 e. The Morgan fingerprint density at radius 1 is 1.05 bits per heavy atom. The quantitative estimate of drug-likeness (QED) is 0.334. The number of ether oxygens (including phenoxy) is 2. The van der Waals surface area contributed by atoms with Crippen molar-refractivity contribution in [3.05, 3.63) is 71.5 Å². The maximum absolute atomic E-state index is 13.1. The molecule has 0 atom stereocenters. The summed E-state index contributed by atoms with van der Waals surface area (Å²) >= 11 is 0. The van der Waals surface area contributed by atoms with E-state index in [4.69, 9.17) is 9.47 Å². The molecule has 2 aromatic carbocycles. The fourth-order valence-electron chi connectivity index (χ4n) is 4.63. The summed E-state index contributed by atoms with van der Waals surface area (Å²) < 4.78 is 11.5. The lowest BCUT2D eigenvalue weighted by Crippen LogP contribution is -2.23. The van der Waals surface area contributed by atoms with Crippen molar-refractivity contribution in [3.8, 4) is 22.8 Å². The third kappa shape index (κ3) is 5.25. The van der Waals surface area contributed by atoms with Crippen LogP contribution < -0.4 is 20.1 Å². The fourth-order valence-corrected chi connectivity index (χ4v) is 4.63. The number of H-pyrrole nitrogens is 1. The highest BCUT2D eigenvalue weighted by atomic mass is 16.5. The molecule has 1 aliphatic rings. The molecule has 2 aromatic heterocycles. The van der Waals surface area contributed by atoms with Crippen LogP contribution in [0.25, 0.3) is 22.0 Å². The zero-order chi connectivity index (χ0) is 25.8. The highest BCUT2D eigenvalue weighted by Gasteiger charge is 2.18. The van der Waals surface area contributed by atoms with Crippen molar-refractivity contribution in [1.29, 1.82) is 0 Å². The van der Waals surface area contributed by atoms with Gasteiger partial charge in [0.2, 0.25) is 5.88 Å². The number of nitrogens with zero attached hydrogens (tertiary/aromatic N) is 2. The molecule has 2 heterocycles. The molecule has 4 aromatic rings. The third-order valence-electron chi connectivity index (χ3n) is 6.58. The molecule has 0 unspecified atom stereocenters. The number of benzene rings is 2. The molecule has 0 bridgehead atoms. The zero-order valence-corrected chi connectivity index (χ0v) is 20.8. The summed E-state index contributed by atoms with van der Waals surface area (Å²) in [5.74, 6) is 0.510. The SMILES string of the molecule is CNC(=O)c1n[nH]c2cc(-c3cnc(OC)c(C(=O)NCc4cccc(OC5CCCC5)c4)c3)ccc12. The Morgan fingerprint density at radius 3 is 2.68 bits per heavy atom. The topological polar surface area (TPSA) is 118 Å². The molecule has 9 nitrogen and oxygen atoms in total. The smallest absolute Gasteiger partial charge is 0.272 e. The Balaban J connectivity index is 1.33. The predicted octanol–water partition coefficient (Wildman–Crippen LogP) is 4.24. The van der Waals surface area contributed by atoms with Gasteiger partial charge in [0.1, 0.15) is 11.3 Å². The maximum atomic E-state index is 13.1. The van der Waals surface area contributed by atoms with Crippen molar-refractivity contribution >= 4 is 22.7 Å². The van der Waals surface area contributed by atoms with Gasteiger partial charge in [-0.25, -0.2) is 4.98 Å². The minimum atomic E-state index is -0.294. The van der Waals surface area contributed by atoms with E-state index in [0.717, 1.165) is 35.3 Å². The molecule has 190 valence electrons. The largest absolute Gasteiger partial charge is 0.490 e. The van der Waals surface area contributed by atoms with Crippen molar-refractivity contribution < 1.29 is 19.1 Å². The first-order valence-corrected chi connectivity index (χ1v) is 12.3. The molecular weight excluding hydrogens is 470 g/mol. The van der Waals surface area contributed by atoms with Gasteiger partial charge in [-0.3, -0.25) is 14.7 Å². The minimum Gasteiger partial charge on any atom is -0.490 e. The van der Waals surface area contributed by atoms with E-state index in [-0.39, 0.29) is 23.8 Å². The van der Waals surface area contributed by atoms with Crippen LogP contribution in [0.3, 0.4) is 0 Å². The molecule has 0 aliphatic heterocycles. The van der Waals surface area contributed by atoms with Crippen molar-refractivity contribution in [2.45, 2.75) is 38.3 Å². The van der Waals surface area contributed by atoms with E-state index in [0.29, 0.717) is 28.7 Å². The van der Waals surface area contributed by atoms with Gasteiger partial charge in [0.15, 0.2) is 5.69 Å². The molecular formula is C28H29N5O4. The average Bonchev–Trinajstić information content (AvgIpc) is 3.60. The third-order valence-corrected chi connectivity index (χ3v) is 6.58. The minimum absolute atomic E-state index is 0.240. The molecule has 1 aliphatic carbocycles. The zero-order valence-electron chi connectivity index (χ0n) is 20.8. The summed E-state index contributed by atoms with van der Waals surface area (Å²) in [5.41, 5.74) is 3.86. The first-order valence-electron chi connectivity index (χ1n) is 12.3. The average molecular weight is 500 g/mol. The van der Waals surface area contributed by atoms with Gasteiger partial charge < -0.3 is 20.1 Å². The van der Waals surface area contributed by atoms with Gasteiger partial charge in [-0.05, 0) is 67.1 Å². The van der Waals surface area contributed by atoms with Crippen LogP contribution in [0.1, 0.15) is 52.1 Å². The summed E-state index contributed by atoms with van der Waals surface area (Å²) in [7, 11) is 3.05. The Hall–Kier alpha value is -4.40. The molecule has 0 saturated heterocycles.